The number of hydrogen-bond donors (Lipinski definition) is 2. The van der Waals surface area contributed by atoms with Gasteiger partial charge in [-0.2, -0.15) is 0 Å². The molecule has 3 heterocycles. The van der Waals surface area contributed by atoms with Crippen LogP contribution in [0.3, 0.4) is 0 Å². The van der Waals surface area contributed by atoms with Gasteiger partial charge in [0.25, 0.3) is 5.56 Å². The molecule has 1 aromatic heterocycles. The zero-order valence-electron chi connectivity index (χ0n) is 14.1. The lowest BCUT2D eigenvalue weighted by Crippen LogP contribution is -2.39. The number of piperidine rings is 2. The molecule has 0 aromatic carbocycles. The van der Waals surface area contributed by atoms with E-state index >= 15 is 0 Å². The van der Waals surface area contributed by atoms with Crippen LogP contribution < -0.4 is 10.9 Å². The summed E-state index contributed by atoms with van der Waals surface area (Å²) in [6.45, 7) is 3.54. The first-order valence-corrected chi connectivity index (χ1v) is 9.31. The molecule has 1 aromatic rings. The number of nitrogens with zero attached hydrogens (tertiary/aromatic N) is 2. The number of nitrogens with one attached hydrogen (secondary N) is 2. The molecule has 0 bridgehead atoms. The highest BCUT2D eigenvalue weighted by Crippen LogP contribution is 2.34. The van der Waals surface area contributed by atoms with Crippen LogP contribution in [-0.2, 0) is 4.79 Å². The van der Waals surface area contributed by atoms with Crippen LogP contribution in [0.2, 0.25) is 0 Å². The second-order valence-corrected chi connectivity index (χ2v) is 7.47. The molecule has 1 atom stereocenters. The number of carbonyl (C=O) groups is 1. The average molecular weight is 330 g/mol. The summed E-state index contributed by atoms with van der Waals surface area (Å²) in [5.74, 6) is 2.05. The first-order chi connectivity index (χ1) is 11.7. The van der Waals surface area contributed by atoms with Gasteiger partial charge in [-0.3, -0.25) is 9.59 Å². The van der Waals surface area contributed by atoms with Gasteiger partial charge in [0, 0.05) is 43.5 Å². The van der Waals surface area contributed by atoms with Gasteiger partial charge < -0.3 is 15.2 Å². The summed E-state index contributed by atoms with van der Waals surface area (Å²) in [6, 6.07) is 1.66. The first-order valence-electron chi connectivity index (χ1n) is 9.31. The predicted molar refractivity (Wildman–Crippen MR) is 91.0 cm³/mol. The Bertz CT molecular complexity index is 653. The molecule has 2 saturated heterocycles. The molecule has 3 fully saturated rings. The van der Waals surface area contributed by atoms with Crippen molar-refractivity contribution >= 4 is 5.91 Å². The Morgan fingerprint density at radius 1 is 1.12 bits per heavy atom. The molecular formula is C18H26N4O2. The van der Waals surface area contributed by atoms with Gasteiger partial charge in [-0.25, -0.2) is 4.98 Å². The molecule has 130 valence electrons. The minimum atomic E-state index is -0.0444. The lowest BCUT2D eigenvalue weighted by molar-refractivity contribution is -0.133. The fraction of sp³-hybridized carbons (Fsp3) is 0.722. The van der Waals surface area contributed by atoms with Crippen molar-refractivity contribution in [2.24, 2.45) is 5.92 Å². The minimum Gasteiger partial charge on any atom is -0.342 e. The van der Waals surface area contributed by atoms with E-state index in [0.29, 0.717) is 17.7 Å². The molecule has 24 heavy (non-hydrogen) atoms. The number of H-pyrrole nitrogens is 1. The van der Waals surface area contributed by atoms with Crippen molar-refractivity contribution in [2.45, 2.75) is 50.4 Å². The fourth-order valence-electron chi connectivity index (χ4n) is 3.96. The van der Waals surface area contributed by atoms with Gasteiger partial charge in [0.1, 0.15) is 5.82 Å². The SMILES string of the molecule is O=C(C1CC1)N1CCC(c2nc([C@@H]3CCCNC3)cc(=O)[nH]2)CC1. The molecule has 1 amide bonds. The molecule has 0 radical (unpaired) electrons. The summed E-state index contributed by atoms with van der Waals surface area (Å²) in [5, 5.41) is 3.39. The van der Waals surface area contributed by atoms with Gasteiger partial charge in [0.15, 0.2) is 0 Å². The van der Waals surface area contributed by atoms with Gasteiger partial charge in [-0.05, 0) is 45.1 Å². The molecule has 3 aliphatic rings. The zero-order chi connectivity index (χ0) is 16.5. The Morgan fingerprint density at radius 3 is 2.58 bits per heavy atom. The molecular weight excluding hydrogens is 304 g/mol. The van der Waals surface area contributed by atoms with Crippen LogP contribution in [0.1, 0.15) is 61.9 Å². The van der Waals surface area contributed by atoms with E-state index < -0.39 is 0 Å². The fourth-order valence-corrected chi connectivity index (χ4v) is 3.96. The molecule has 4 rings (SSSR count). The maximum atomic E-state index is 12.2. The van der Waals surface area contributed by atoms with Gasteiger partial charge >= 0.3 is 0 Å². The Labute approximate surface area is 142 Å². The number of amides is 1. The summed E-state index contributed by atoms with van der Waals surface area (Å²) < 4.78 is 0. The Balaban J connectivity index is 1.45. The van der Waals surface area contributed by atoms with E-state index in [4.69, 9.17) is 4.98 Å². The van der Waals surface area contributed by atoms with Gasteiger partial charge in [-0.1, -0.05) is 0 Å². The number of likely N-dealkylation sites (tertiary alicyclic amines) is 1. The lowest BCUT2D eigenvalue weighted by atomic mass is 9.93. The summed E-state index contributed by atoms with van der Waals surface area (Å²) in [4.78, 5) is 34.0. The third-order valence-electron chi connectivity index (χ3n) is 5.61. The summed E-state index contributed by atoms with van der Waals surface area (Å²) in [5.41, 5.74) is 0.884. The third-order valence-corrected chi connectivity index (χ3v) is 5.61. The number of hydrogen-bond acceptors (Lipinski definition) is 4. The van der Waals surface area contributed by atoms with Crippen LogP contribution in [0.5, 0.6) is 0 Å². The number of rotatable bonds is 3. The highest BCUT2D eigenvalue weighted by molar-refractivity contribution is 5.81. The summed E-state index contributed by atoms with van der Waals surface area (Å²) in [7, 11) is 0. The molecule has 0 unspecified atom stereocenters. The highest BCUT2D eigenvalue weighted by Gasteiger charge is 2.35. The predicted octanol–water partition coefficient (Wildman–Crippen LogP) is 1.35. The van der Waals surface area contributed by atoms with Crippen molar-refractivity contribution < 1.29 is 4.79 Å². The molecule has 0 spiro atoms. The zero-order valence-corrected chi connectivity index (χ0v) is 14.1. The quantitative estimate of drug-likeness (QED) is 0.877. The van der Waals surface area contributed by atoms with Gasteiger partial charge in [0.2, 0.25) is 5.91 Å². The number of aromatic amines is 1. The van der Waals surface area contributed by atoms with E-state index in [1.54, 1.807) is 6.07 Å². The highest BCUT2D eigenvalue weighted by atomic mass is 16.2. The Hall–Kier alpha value is -1.69. The smallest absolute Gasteiger partial charge is 0.251 e. The monoisotopic (exact) mass is 330 g/mol. The normalized spacial score (nSPS) is 25.7. The van der Waals surface area contributed by atoms with Crippen LogP contribution in [-0.4, -0.2) is 47.0 Å². The maximum absolute atomic E-state index is 12.2. The van der Waals surface area contributed by atoms with E-state index in [-0.39, 0.29) is 11.5 Å². The van der Waals surface area contributed by atoms with Crippen LogP contribution in [0, 0.1) is 5.92 Å². The van der Waals surface area contributed by atoms with Crippen LogP contribution >= 0.6 is 0 Å². The van der Waals surface area contributed by atoms with Crippen molar-refractivity contribution in [1.29, 1.82) is 0 Å². The maximum Gasteiger partial charge on any atom is 0.251 e. The first kappa shape index (κ1) is 15.8. The third kappa shape index (κ3) is 3.38. The Morgan fingerprint density at radius 2 is 1.92 bits per heavy atom. The number of carbonyl (C=O) groups excluding carboxylic acids is 1. The van der Waals surface area contributed by atoms with E-state index in [1.807, 2.05) is 4.90 Å². The van der Waals surface area contributed by atoms with E-state index in [1.165, 1.54) is 0 Å². The topological polar surface area (TPSA) is 78.1 Å². The van der Waals surface area contributed by atoms with Crippen molar-refractivity contribution in [1.82, 2.24) is 20.2 Å². The summed E-state index contributed by atoms with van der Waals surface area (Å²) >= 11 is 0. The number of aromatic nitrogens is 2. The molecule has 2 aliphatic heterocycles. The average Bonchev–Trinajstić information content (AvgIpc) is 3.47. The van der Waals surface area contributed by atoms with Crippen molar-refractivity contribution in [3.8, 4) is 0 Å². The second kappa shape index (κ2) is 6.67. The van der Waals surface area contributed by atoms with Gasteiger partial charge in [0.05, 0.1) is 5.69 Å². The van der Waals surface area contributed by atoms with E-state index in [2.05, 4.69) is 10.3 Å². The van der Waals surface area contributed by atoms with Gasteiger partial charge in [-0.15, -0.1) is 0 Å². The molecule has 6 nitrogen and oxygen atoms in total. The van der Waals surface area contributed by atoms with Crippen LogP contribution in [0.4, 0.5) is 0 Å². The Kier molecular flexibility index (Phi) is 4.39. The molecule has 2 N–H and O–H groups in total. The van der Waals surface area contributed by atoms with E-state index in [0.717, 1.165) is 76.2 Å². The standard InChI is InChI=1S/C18H26N4O2/c23-16-10-15(14-2-1-7-19-11-14)20-17(21-16)12-5-8-22(9-6-12)18(24)13-3-4-13/h10,12-14,19H,1-9,11H2,(H,20,21,23)/t14-/m1/s1. The molecule has 1 saturated carbocycles. The molecule has 1 aliphatic carbocycles. The van der Waals surface area contributed by atoms with Crippen molar-refractivity contribution in [3.05, 3.63) is 27.9 Å². The van der Waals surface area contributed by atoms with Crippen molar-refractivity contribution in [3.63, 3.8) is 0 Å². The molecule has 6 heteroatoms. The van der Waals surface area contributed by atoms with Crippen molar-refractivity contribution in [2.75, 3.05) is 26.2 Å². The van der Waals surface area contributed by atoms with Crippen LogP contribution in [0.25, 0.3) is 0 Å². The second-order valence-electron chi connectivity index (χ2n) is 7.47. The minimum absolute atomic E-state index is 0.0444. The lowest BCUT2D eigenvalue weighted by Gasteiger charge is -2.32. The van der Waals surface area contributed by atoms with Crippen LogP contribution in [0.15, 0.2) is 10.9 Å². The van der Waals surface area contributed by atoms with E-state index in [9.17, 15) is 9.59 Å². The largest absolute Gasteiger partial charge is 0.342 e. The summed E-state index contributed by atoms with van der Waals surface area (Å²) in [6.07, 6.45) is 6.14.